The molecule has 2 saturated carbocycles. The van der Waals surface area contributed by atoms with Gasteiger partial charge in [-0.15, -0.1) is 0 Å². The molecule has 6 aliphatic rings. The lowest BCUT2D eigenvalue weighted by molar-refractivity contribution is -0.172. The summed E-state index contributed by atoms with van der Waals surface area (Å²) in [6.07, 6.45) is -2.17. The van der Waals surface area contributed by atoms with E-state index in [4.69, 9.17) is 23.7 Å². The zero-order valence-electron chi connectivity index (χ0n) is 15.6. The molecule has 0 radical (unpaired) electrons. The van der Waals surface area contributed by atoms with Gasteiger partial charge in [-0.05, 0) is 19.8 Å². The van der Waals surface area contributed by atoms with Crippen LogP contribution >= 0.6 is 0 Å². The summed E-state index contributed by atoms with van der Waals surface area (Å²) in [6.45, 7) is 5.12. The van der Waals surface area contributed by atoms with E-state index in [1.54, 1.807) is 0 Å². The van der Waals surface area contributed by atoms with Crippen molar-refractivity contribution in [3.63, 3.8) is 0 Å². The highest BCUT2D eigenvalue weighted by Crippen LogP contribution is 2.59. The Bertz CT molecular complexity index is 864. The number of ether oxygens (including phenoxy) is 5. The van der Waals surface area contributed by atoms with E-state index < -0.39 is 54.2 Å². The van der Waals surface area contributed by atoms with Crippen LogP contribution in [0, 0.1) is 29.6 Å². The number of hydrogen-bond donors (Lipinski definition) is 0. The molecule has 4 bridgehead atoms. The van der Waals surface area contributed by atoms with Crippen molar-refractivity contribution < 1.29 is 42.9 Å². The fourth-order valence-corrected chi connectivity index (χ4v) is 6.29. The smallest absolute Gasteiger partial charge is 0.333 e. The van der Waals surface area contributed by atoms with Gasteiger partial charge in [0, 0.05) is 17.4 Å². The molecule has 0 spiro atoms. The second kappa shape index (κ2) is 5.59. The Labute approximate surface area is 165 Å². The zero-order valence-corrected chi connectivity index (χ0v) is 15.6. The maximum absolute atomic E-state index is 13.1. The van der Waals surface area contributed by atoms with E-state index in [1.807, 2.05) is 0 Å². The summed E-state index contributed by atoms with van der Waals surface area (Å²) in [5.41, 5.74) is 0.240. The number of fused-ring (bicyclic) bond motifs is 2. The SMILES string of the molecule is C=C(C)C(=O)OC1C2CC3C1OC(=O)C3C2C(=O)OC1C2CC3C(=O)OC1C3O2. The quantitative estimate of drug-likeness (QED) is 0.360. The van der Waals surface area contributed by atoms with Gasteiger partial charge < -0.3 is 23.7 Å². The van der Waals surface area contributed by atoms with Crippen LogP contribution in [0.15, 0.2) is 12.2 Å². The lowest BCUT2D eigenvalue weighted by Crippen LogP contribution is -2.47. The fraction of sp³-hybridized carbons (Fsp3) is 0.700. The van der Waals surface area contributed by atoms with Crippen molar-refractivity contribution in [1.29, 1.82) is 0 Å². The Morgan fingerprint density at radius 3 is 2.48 bits per heavy atom. The van der Waals surface area contributed by atoms with Gasteiger partial charge >= 0.3 is 23.9 Å². The van der Waals surface area contributed by atoms with E-state index in [-0.39, 0.29) is 41.5 Å². The Morgan fingerprint density at radius 2 is 1.72 bits per heavy atom. The molecule has 0 N–H and O–H groups in total. The van der Waals surface area contributed by atoms with Crippen LogP contribution in [-0.2, 0) is 42.9 Å². The van der Waals surface area contributed by atoms with Crippen LogP contribution in [0.2, 0.25) is 0 Å². The summed E-state index contributed by atoms with van der Waals surface area (Å²) in [7, 11) is 0. The Kier molecular flexibility index (Phi) is 3.36. The van der Waals surface area contributed by atoms with Crippen molar-refractivity contribution >= 4 is 23.9 Å². The molecule has 0 aromatic rings. The van der Waals surface area contributed by atoms with Gasteiger partial charge in [-0.1, -0.05) is 6.58 Å². The first-order valence-corrected chi connectivity index (χ1v) is 9.98. The minimum atomic E-state index is -0.749. The van der Waals surface area contributed by atoms with Crippen LogP contribution in [0.4, 0.5) is 0 Å². The summed E-state index contributed by atoms with van der Waals surface area (Å²) in [6, 6.07) is 0. The predicted octanol–water partition coefficient (Wildman–Crippen LogP) is -0.0937. The van der Waals surface area contributed by atoms with Gasteiger partial charge in [0.05, 0.1) is 23.9 Å². The Balaban J connectivity index is 1.23. The largest absolute Gasteiger partial charge is 0.458 e. The average molecular weight is 404 g/mol. The van der Waals surface area contributed by atoms with Gasteiger partial charge in [0.25, 0.3) is 0 Å². The molecule has 9 heteroatoms. The molecule has 154 valence electrons. The summed E-state index contributed by atoms with van der Waals surface area (Å²) >= 11 is 0. The van der Waals surface area contributed by atoms with Gasteiger partial charge in [0.1, 0.15) is 18.3 Å². The topological polar surface area (TPSA) is 114 Å². The molecule has 0 aromatic heterocycles. The summed E-state index contributed by atoms with van der Waals surface area (Å²) < 4.78 is 27.8. The summed E-state index contributed by atoms with van der Waals surface area (Å²) in [5, 5.41) is 0. The zero-order chi connectivity index (χ0) is 20.2. The number of carbonyl (C=O) groups is 4. The van der Waals surface area contributed by atoms with Crippen LogP contribution in [0.25, 0.3) is 0 Å². The molecule has 0 amide bonds. The number of carbonyl (C=O) groups excluding carboxylic acids is 4. The molecule has 11 atom stereocenters. The van der Waals surface area contributed by atoms with Crippen molar-refractivity contribution in [3.05, 3.63) is 12.2 Å². The fourth-order valence-electron chi connectivity index (χ4n) is 6.29. The van der Waals surface area contributed by atoms with Crippen molar-refractivity contribution in [2.45, 2.75) is 56.4 Å². The minimum Gasteiger partial charge on any atom is -0.458 e. The van der Waals surface area contributed by atoms with Crippen molar-refractivity contribution in [3.8, 4) is 0 Å². The first-order valence-electron chi connectivity index (χ1n) is 9.98. The monoisotopic (exact) mass is 404 g/mol. The summed E-state index contributed by atoms with van der Waals surface area (Å²) in [4.78, 5) is 49.5. The third-order valence-electron chi connectivity index (χ3n) is 7.45. The molecule has 11 unspecified atom stereocenters. The van der Waals surface area contributed by atoms with Crippen molar-refractivity contribution in [2.75, 3.05) is 0 Å². The third kappa shape index (κ3) is 2.14. The lowest BCUT2D eigenvalue weighted by Gasteiger charge is -2.31. The normalized spacial score (nSPS) is 49.9. The maximum Gasteiger partial charge on any atom is 0.333 e. The number of rotatable bonds is 4. The van der Waals surface area contributed by atoms with Crippen LogP contribution < -0.4 is 0 Å². The highest BCUT2D eigenvalue weighted by molar-refractivity contribution is 5.89. The lowest BCUT2D eigenvalue weighted by atomic mass is 9.78. The molecule has 4 aliphatic heterocycles. The first-order chi connectivity index (χ1) is 13.8. The highest BCUT2D eigenvalue weighted by Gasteiger charge is 2.71. The van der Waals surface area contributed by atoms with E-state index >= 15 is 0 Å². The maximum atomic E-state index is 13.1. The molecule has 4 saturated heterocycles. The van der Waals surface area contributed by atoms with E-state index in [9.17, 15) is 19.2 Å². The molecule has 2 aliphatic carbocycles. The summed E-state index contributed by atoms with van der Waals surface area (Å²) in [5.74, 6) is -4.01. The number of hydrogen-bond acceptors (Lipinski definition) is 9. The minimum absolute atomic E-state index is 0.169. The van der Waals surface area contributed by atoms with Gasteiger partial charge in [0.2, 0.25) is 0 Å². The molecular weight excluding hydrogens is 384 g/mol. The van der Waals surface area contributed by atoms with Crippen LogP contribution in [0.1, 0.15) is 19.8 Å². The molecule has 6 rings (SSSR count). The Morgan fingerprint density at radius 1 is 0.966 bits per heavy atom. The number of esters is 4. The third-order valence-corrected chi connectivity index (χ3v) is 7.45. The molecule has 4 heterocycles. The molecule has 6 fully saturated rings. The average Bonchev–Trinajstić information content (AvgIpc) is 3.44. The van der Waals surface area contributed by atoms with Gasteiger partial charge in [-0.25, -0.2) is 4.79 Å². The first kappa shape index (κ1) is 17.4. The molecule has 29 heavy (non-hydrogen) atoms. The second-order valence-electron chi connectivity index (χ2n) is 8.95. The van der Waals surface area contributed by atoms with Crippen LogP contribution in [0.3, 0.4) is 0 Å². The van der Waals surface area contributed by atoms with Crippen LogP contribution in [0.5, 0.6) is 0 Å². The van der Waals surface area contributed by atoms with E-state index in [1.165, 1.54) is 6.92 Å². The predicted molar refractivity (Wildman–Crippen MR) is 89.7 cm³/mol. The molecule has 0 aromatic carbocycles. The van der Waals surface area contributed by atoms with Crippen molar-refractivity contribution in [2.24, 2.45) is 29.6 Å². The van der Waals surface area contributed by atoms with Gasteiger partial charge in [-0.3, -0.25) is 14.4 Å². The van der Waals surface area contributed by atoms with E-state index in [0.29, 0.717) is 12.8 Å². The van der Waals surface area contributed by atoms with E-state index in [2.05, 4.69) is 6.58 Å². The second-order valence-corrected chi connectivity index (χ2v) is 8.95. The standard InChI is InChI=1S/C20H20O9/c1-5(2)17(21)26-12-6-3-7-10(19(23)27-13(7)12)11(6)20(24)28-15-9-4-8-14(25-9)16(15)29-18(8)22/h6-16H,1,3-4H2,2H3. The van der Waals surface area contributed by atoms with Crippen LogP contribution in [-0.4, -0.2) is 60.5 Å². The van der Waals surface area contributed by atoms with E-state index in [0.717, 1.165) is 0 Å². The van der Waals surface area contributed by atoms with Crippen molar-refractivity contribution in [1.82, 2.24) is 0 Å². The Hall–Kier alpha value is -2.42. The molecular formula is C20H20O9. The highest BCUT2D eigenvalue weighted by atomic mass is 16.7. The molecule has 9 nitrogen and oxygen atoms in total. The van der Waals surface area contributed by atoms with Gasteiger partial charge in [0.15, 0.2) is 12.2 Å². The van der Waals surface area contributed by atoms with Gasteiger partial charge in [-0.2, -0.15) is 0 Å².